The molecule has 3 nitrogen and oxygen atoms in total. The van der Waals surface area contributed by atoms with Crippen LogP contribution in [0.15, 0.2) is 24.3 Å². The molecule has 29 heavy (non-hydrogen) atoms. The van der Waals surface area contributed by atoms with E-state index in [1.165, 1.54) is 57.8 Å². The Morgan fingerprint density at radius 2 is 1.48 bits per heavy atom. The summed E-state index contributed by atoms with van der Waals surface area (Å²) in [5, 5.41) is 8.88. The molecule has 3 aliphatic carbocycles. The maximum absolute atomic E-state index is 12.6. The number of hydrogen-bond acceptors (Lipinski definition) is 3. The van der Waals surface area contributed by atoms with Gasteiger partial charge in [-0.25, -0.2) is 0 Å². The summed E-state index contributed by atoms with van der Waals surface area (Å²) in [7, 11) is 0. The molecular weight excluding hydrogens is 358 g/mol. The molecule has 3 fully saturated rings. The van der Waals surface area contributed by atoms with Gasteiger partial charge in [0.05, 0.1) is 17.6 Å². The molecule has 4 unspecified atom stereocenters. The number of ether oxygens (including phenoxy) is 1. The molecule has 0 aromatic heterocycles. The van der Waals surface area contributed by atoms with E-state index < -0.39 is 0 Å². The van der Waals surface area contributed by atoms with Crippen LogP contribution in [0.25, 0.3) is 0 Å². The molecule has 0 saturated heterocycles. The Labute approximate surface area is 175 Å². The highest BCUT2D eigenvalue weighted by Gasteiger charge is 2.39. The van der Waals surface area contributed by atoms with Crippen LogP contribution >= 0.6 is 0 Å². The van der Waals surface area contributed by atoms with Crippen LogP contribution in [0.3, 0.4) is 0 Å². The first-order valence-corrected chi connectivity index (χ1v) is 11.9. The zero-order valence-corrected chi connectivity index (χ0v) is 17.8. The monoisotopic (exact) mass is 393 g/mol. The van der Waals surface area contributed by atoms with Crippen molar-refractivity contribution in [3.63, 3.8) is 0 Å². The Hall–Kier alpha value is -1.82. The molecule has 0 heterocycles. The zero-order valence-electron chi connectivity index (χ0n) is 17.8. The summed E-state index contributed by atoms with van der Waals surface area (Å²) in [6, 6.07) is 8.92. The maximum atomic E-state index is 12.6. The molecule has 0 radical (unpaired) electrons. The highest BCUT2D eigenvalue weighted by molar-refractivity contribution is 5.75. The van der Waals surface area contributed by atoms with Crippen molar-refractivity contribution in [1.29, 1.82) is 5.26 Å². The van der Waals surface area contributed by atoms with Crippen molar-refractivity contribution in [2.24, 2.45) is 35.5 Å². The largest absolute Gasteiger partial charge is 0.426 e. The lowest BCUT2D eigenvalue weighted by molar-refractivity contribution is -0.140. The van der Waals surface area contributed by atoms with Crippen LogP contribution in [0.1, 0.15) is 83.1 Å². The van der Waals surface area contributed by atoms with E-state index in [0.717, 1.165) is 42.4 Å². The molecular formula is C26H35NO2. The van der Waals surface area contributed by atoms with E-state index in [9.17, 15) is 4.79 Å². The molecule has 4 rings (SSSR count). The number of carbonyl (C=O) groups excluding carboxylic acids is 1. The first-order chi connectivity index (χ1) is 14.2. The van der Waals surface area contributed by atoms with Gasteiger partial charge in [-0.1, -0.05) is 19.8 Å². The summed E-state index contributed by atoms with van der Waals surface area (Å²) in [5.74, 6) is 5.19. The summed E-state index contributed by atoms with van der Waals surface area (Å²) < 4.78 is 5.58. The Kier molecular flexibility index (Phi) is 6.58. The van der Waals surface area contributed by atoms with E-state index in [1.807, 2.05) is 0 Å². The molecule has 0 amide bonds. The second-order valence-corrected chi connectivity index (χ2v) is 9.85. The van der Waals surface area contributed by atoms with E-state index >= 15 is 0 Å². The van der Waals surface area contributed by atoms with E-state index in [0.29, 0.717) is 11.3 Å². The summed E-state index contributed by atoms with van der Waals surface area (Å²) in [4.78, 5) is 12.6. The third-order valence-electron chi connectivity index (χ3n) is 8.31. The number of benzene rings is 1. The van der Waals surface area contributed by atoms with Gasteiger partial charge >= 0.3 is 5.97 Å². The molecule has 3 saturated carbocycles. The lowest BCUT2D eigenvalue weighted by atomic mass is 9.61. The fourth-order valence-electron chi connectivity index (χ4n) is 6.44. The van der Waals surface area contributed by atoms with Gasteiger partial charge in [0.25, 0.3) is 0 Å². The second-order valence-electron chi connectivity index (χ2n) is 9.85. The highest BCUT2D eigenvalue weighted by atomic mass is 16.5. The molecule has 4 atom stereocenters. The van der Waals surface area contributed by atoms with Crippen LogP contribution in [0.2, 0.25) is 0 Å². The van der Waals surface area contributed by atoms with Gasteiger partial charge in [0.15, 0.2) is 0 Å². The third-order valence-corrected chi connectivity index (χ3v) is 8.31. The van der Waals surface area contributed by atoms with Crippen molar-refractivity contribution in [2.45, 2.75) is 77.6 Å². The van der Waals surface area contributed by atoms with Crippen molar-refractivity contribution >= 4 is 5.97 Å². The van der Waals surface area contributed by atoms with Crippen LogP contribution in [0.4, 0.5) is 0 Å². The summed E-state index contributed by atoms with van der Waals surface area (Å²) in [6.45, 7) is 2.36. The SMILES string of the molecule is CCC1CCC2CC(C3CCC(C(=O)Oc4ccc(C#N)cc4)CC3)CCC2C1. The van der Waals surface area contributed by atoms with Crippen LogP contribution in [0, 0.1) is 46.8 Å². The predicted molar refractivity (Wildman–Crippen MR) is 114 cm³/mol. The van der Waals surface area contributed by atoms with Crippen molar-refractivity contribution in [3.05, 3.63) is 29.8 Å². The predicted octanol–water partition coefficient (Wildman–Crippen LogP) is 6.51. The quantitative estimate of drug-likeness (QED) is 0.432. The minimum atomic E-state index is -0.0882. The second kappa shape index (κ2) is 9.33. The molecule has 1 aromatic rings. The average molecular weight is 394 g/mol. The minimum absolute atomic E-state index is 0.0400. The Bertz CT molecular complexity index is 726. The smallest absolute Gasteiger partial charge is 0.314 e. The standard InChI is InChI=1S/C26H35NO2/c1-2-18-3-6-24-16-23(12-11-22(24)15-18)20-7-9-21(10-8-20)26(28)29-25-13-4-19(17-27)5-14-25/h4-5,13-14,18,20-24H,2-3,6-12,15-16H2,1H3. The average Bonchev–Trinajstić information content (AvgIpc) is 2.79. The first kappa shape index (κ1) is 20.5. The number of carbonyl (C=O) groups is 1. The molecule has 0 bridgehead atoms. The molecule has 3 heteroatoms. The number of fused-ring (bicyclic) bond motifs is 1. The lowest BCUT2D eigenvalue weighted by Gasteiger charge is -2.45. The number of nitriles is 1. The van der Waals surface area contributed by atoms with Gasteiger partial charge in [-0.15, -0.1) is 0 Å². The van der Waals surface area contributed by atoms with Gasteiger partial charge in [0, 0.05) is 0 Å². The third kappa shape index (κ3) is 4.85. The molecule has 1 aromatic carbocycles. The van der Waals surface area contributed by atoms with Gasteiger partial charge in [-0.2, -0.15) is 5.26 Å². The van der Waals surface area contributed by atoms with Crippen LogP contribution < -0.4 is 4.74 Å². The Morgan fingerprint density at radius 3 is 2.14 bits per heavy atom. The fourth-order valence-corrected chi connectivity index (χ4v) is 6.44. The van der Waals surface area contributed by atoms with Crippen molar-refractivity contribution in [2.75, 3.05) is 0 Å². The van der Waals surface area contributed by atoms with E-state index in [-0.39, 0.29) is 11.9 Å². The number of hydrogen-bond donors (Lipinski definition) is 0. The van der Waals surface area contributed by atoms with E-state index in [1.54, 1.807) is 24.3 Å². The van der Waals surface area contributed by atoms with Gasteiger partial charge < -0.3 is 4.74 Å². The fraction of sp³-hybridized carbons (Fsp3) is 0.692. The minimum Gasteiger partial charge on any atom is -0.426 e. The van der Waals surface area contributed by atoms with E-state index in [2.05, 4.69) is 13.0 Å². The molecule has 0 N–H and O–H groups in total. The lowest BCUT2D eigenvalue weighted by Crippen LogP contribution is -2.35. The summed E-state index contributed by atoms with van der Waals surface area (Å²) in [5.41, 5.74) is 0.586. The number of nitrogens with zero attached hydrogens (tertiary/aromatic N) is 1. The topological polar surface area (TPSA) is 50.1 Å². The summed E-state index contributed by atoms with van der Waals surface area (Å²) in [6.07, 6.45) is 14.4. The molecule has 3 aliphatic rings. The van der Waals surface area contributed by atoms with Gasteiger partial charge in [0.1, 0.15) is 5.75 Å². The molecule has 156 valence electrons. The van der Waals surface area contributed by atoms with Gasteiger partial charge in [-0.3, -0.25) is 4.79 Å². The molecule has 0 spiro atoms. The normalized spacial score (nSPS) is 34.6. The van der Waals surface area contributed by atoms with Gasteiger partial charge in [0.2, 0.25) is 0 Å². The number of esters is 1. The Morgan fingerprint density at radius 1 is 0.897 bits per heavy atom. The Balaban J connectivity index is 1.24. The number of rotatable bonds is 4. The van der Waals surface area contributed by atoms with E-state index in [4.69, 9.17) is 10.00 Å². The maximum Gasteiger partial charge on any atom is 0.314 e. The van der Waals surface area contributed by atoms with Crippen molar-refractivity contribution < 1.29 is 9.53 Å². The first-order valence-electron chi connectivity index (χ1n) is 11.9. The zero-order chi connectivity index (χ0) is 20.2. The van der Waals surface area contributed by atoms with Crippen molar-refractivity contribution in [1.82, 2.24) is 0 Å². The van der Waals surface area contributed by atoms with Crippen LogP contribution in [0.5, 0.6) is 5.75 Å². The highest BCUT2D eigenvalue weighted by Crippen LogP contribution is 2.49. The van der Waals surface area contributed by atoms with Crippen LogP contribution in [-0.4, -0.2) is 5.97 Å². The van der Waals surface area contributed by atoms with Crippen molar-refractivity contribution in [3.8, 4) is 11.8 Å². The summed E-state index contributed by atoms with van der Waals surface area (Å²) >= 11 is 0. The van der Waals surface area contributed by atoms with Crippen LogP contribution in [-0.2, 0) is 4.79 Å². The van der Waals surface area contributed by atoms with Gasteiger partial charge in [-0.05, 0) is 112 Å². The molecule has 0 aliphatic heterocycles.